The van der Waals surface area contributed by atoms with Gasteiger partial charge in [0.05, 0.1) is 10.9 Å². The Bertz CT molecular complexity index is 975. The van der Waals surface area contributed by atoms with E-state index in [0.717, 1.165) is 24.5 Å². The highest BCUT2D eigenvalue weighted by molar-refractivity contribution is 5.91. The molecular formula is C21H24N4O2. The number of nitrogens with zero attached hydrogens (tertiary/aromatic N) is 2. The number of nitrogens with one attached hydrogen (secondary N) is 2. The largest absolute Gasteiger partial charge is 0.372 e. The Morgan fingerprint density at radius 1 is 1.07 bits per heavy atom. The maximum Gasteiger partial charge on any atom is 0.258 e. The summed E-state index contributed by atoms with van der Waals surface area (Å²) < 4.78 is 0. The van der Waals surface area contributed by atoms with Crippen molar-refractivity contribution in [2.45, 2.75) is 26.7 Å². The third-order valence-corrected chi connectivity index (χ3v) is 4.53. The maximum absolute atomic E-state index is 12.2. The van der Waals surface area contributed by atoms with Crippen molar-refractivity contribution in [3.63, 3.8) is 0 Å². The van der Waals surface area contributed by atoms with Crippen molar-refractivity contribution in [3.8, 4) is 0 Å². The summed E-state index contributed by atoms with van der Waals surface area (Å²) in [4.78, 5) is 33.7. The van der Waals surface area contributed by atoms with Gasteiger partial charge in [-0.2, -0.15) is 0 Å². The number of rotatable bonds is 7. The van der Waals surface area contributed by atoms with E-state index >= 15 is 0 Å². The van der Waals surface area contributed by atoms with Crippen molar-refractivity contribution in [1.82, 2.24) is 9.97 Å². The molecule has 0 unspecified atom stereocenters. The first-order valence-corrected chi connectivity index (χ1v) is 9.23. The average Bonchev–Trinajstić information content (AvgIpc) is 2.69. The molecule has 3 aromatic rings. The standard InChI is InChI=1S/C21H24N4O2/c1-3-25(4-2)16-11-9-15(10-12-16)22-20(26)14-13-19-23-18-8-6-5-7-17(18)21(27)24-19/h5-12H,3-4,13-14H2,1-2H3,(H,22,26)(H,23,24,27). The molecule has 27 heavy (non-hydrogen) atoms. The smallest absolute Gasteiger partial charge is 0.258 e. The molecule has 1 aromatic heterocycles. The van der Waals surface area contributed by atoms with Crippen LogP contribution in [0.25, 0.3) is 10.9 Å². The summed E-state index contributed by atoms with van der Waals surface area (Å²) in [6, 6.07) is 15.0. The Morgan fingerprint density at radius 2 is 1.78 bits per heavy atom. The van der Waals surface area contributed by atoms with Crippen molar-refractivity contribution < 1.29 is 4.79 Å². The number of aromatic amines is 1. The van der Waals surface area contributed by atoms with E-state index in [0.29, 0.717) is 23.1 Å². The van der Waals surface area contributed by atoms with Crippen LogP contribution in [0.4, 0.5) is 11.4 Å². The summed E-state index contributed by atoms with van der Waals surface area (Å²) in [6.07, 6.45) is 0.627. The molecule has 140 valence electrons. The molecule has 0 aliphatic carbocycles. The maximum atomic E-state index is 12.2. The molecule has 0 atom stereocenters. The number of carbonyl (C=O) groups is 1. The minimum absolute atomic E-state index is 0.110. The molecule has 2 N–H and O–H groups in total. The monoisotopic (exact) mass is 364 g/mol. The fraction of sp³-hybridized carbons (Fsp3) is 0.286. The summed E-state index contributed by atoms with van der Waals surface area (Å²) in [5.74, 6) is 0.409. The highest BCUT2D eigenvalue weighted by Crippen LogP contribution is 2.18. The van der Waals surface area contributed by atoms with E-state index < -0.39 is 0 Å². The van der Waals surface area contributed by atoms with Crippen molar-refractivity contribution in [1.29, 1.82) is 0 Å². The molecular weight excluding hydrogens is 340 g/mol. The van der Waals surface area contributed by atoms with Crippen molar-refractivity contribution in [2.75, 3.05) is 23.3 Å². The Labute approximate surface area is 158 Å². The zero-order valence-corrected chi connectivity index (χ0v) is 15.7. The second-order valence-corrected chi connectivity index (χ2v) is 6.30. The number of benzene rings is 2. The summed E-state index contributed by atoms with van der Waals surface area (Å²) >= 11 is 0. The second-order valence-electron chi connectivity index (χ2n) is 6.30. The zero-order valence-electron chi connectivity index (χ0n) is 15.7. The molecule has 0 fully saturated rings. The number of hydrogen-bond acceptors (Lipinski definition) is 4. The number of hydrogen-bond donors (Lipinski definition) is 2. The highest BCUT2D eigenvalue weighted by atomic mass is 16.1. The van der Waals surface area contributed by atoms with Gasteiger partial charge in [0.15, 0.2) is 0 Å². The highest BCUT2D eigenvalue weighted by Gasteiger charge is 2.08. The van der Waals surface area contributed by atoms with Crippen LogP contribution in [-0.4, -0.2) is 29.0 Å². The van der Waals surface area contributed by atoms with Gasteiger partial charge in [0.25, 0.3) is 5.56 Å². The van der Waals surface area contributed by atoms with E-state index in [4.69, 9.17) is 0 Å². The minimum atomic E-state index is -0.178. The normalized spacial score (nSPS) is 10.7. The van der Waals surface area contributed by atoms with Crippen LogP contribution in [0.1, 0.15) is 26.1 Å². The summed E-state index contributed by atoms with van der Waals surface area (Å²) in [5, 5.41) is 3.44. The number of H-pyrrole nitrogens is 1. The van der Waals surface area contributed by atoms with Crippen LogP contribution >= 0.6 is 0 Å². The van der Waals surface area contributed by atoms with Crippen molar-refractivity contribution in [3.05, 3.63) is 64.7 Å². The van der Waals surface area contributed by atoms with Gasteiger partial charge >= 0.3 is 0 Å². The number of aromatic nitrogens is 2. The van der Waals surface area contributed by atoms with Crippen LogP contribution in [0.2, 0.25) is 0 Å². The van der Waals surface area contributed by atoms with E-state index in [2.05, 4.69) is 34.0 Å². The Morgan fingerprint density at radius 3 is 2.48 bits per heavy atom. The fourth-order valence-electron chi connectivity index (χ4n) is 3.05. The molecule has 0 saturated heterocycles. The lowest BCUT2D eigenvalue weighted by Gasteiger charge is -2.21. The molecule has 3 rings (SSSR count). The van der Waals surface area contributed by atoms with Crippen LogP contribution in [0.5, 0.6) is 0 Å². The quantitative estimate of drug-likeness (QED) is 0.674. The van der Waals surface area contributed by atoms with E-state index in [1.807, 2.05) is 30.3 Å². The van der Waals surface area contributed by atoms with Crippen LogP contribution in [0.15, 0.2) is 53.3 Å². The first-order chi connectivity index (χ1) is 13.1. The van der Waals surface area contributed by atoms with E-state index in [1.54, 1.807) is 18.2 Å². The van der Waals surface area contributed by atoms with Gasteiger partial charge in [-0.15, -0.1) is 0 Å². The molecule has 0 aliphatic rings. The Balaban J connectivity index is 1.61. The first kappa shape index (κ1) is 18.6. The molecule has 2 aromatic carbocycles. The number of para-hydroxylation sites is 1. The summed E-state index contributed by atoms with van der Waals surface area (Å²) in [6.45, 7) is 6.12. The van der Waals surface area contributed by atoms with Crippen LogP contribution < -0.4 is 15.8 Å². The first-order valence-electron chi connectivity index (χ1n) is 9.23. The van der Waals surface area contributed by atoms with Crippen LogP contribution in [0.3, 0.4) is 0 Å². The predicted molar refractivity (Wildman–Crippen MR) is 109 cm³/mol. The zero-order chi connectivity index (χ0) is 19.2. The van der Waals surface area contributed by atoms with Gasteiger partial charge in [0.1, 0.15) is 5.82 Å². The number of aryl methyl sites for hydroxylation is 1. The molecule has 1 heterocycles. The van der Waals surface area contributed by atoms with Crippen molar-refractivity contribution >= 4 is 28.2 Å². The predicted octanol–water partition coefficient (Wildman–Crippen LogP) is 3.34. The molecule has 0 spiro atoms. The van der Waals surface area contributed by atoms with Gasteiger partial charge in [-0.1, -0.05) is 12.1 Å². The number of fused-ring (bicyclic) bond motifs is 1. The molecule has 6 heteroatoms. The SMILES string of the molecule is CCN(CC)c1ccc(NC(=O)CCc2nc3ccccc3c(=O)[nH]2)cc1. The van der Waals surface area contributed by atoms with Gasteiger partial charge in [0, 0.05) is 37.3 Å². The van der Waals surface area contributed by atoms with Gasteiger partial charge < -0.3 is 15.2 Å². The number of carbonyl (C=O) groups excluding carboxylic acids is 1. The van der Waals surface area contributed by atoms with Gasteiger partial charge in [0.2, 0.25) is 5.91 Å². The molecule has 0 aliphatic heterocycles. The number of anilines is 2. The van der Waals surface area contributed by atoms with E-state index in [1.165, 1.54) is 0 Å². The molecule has 0 bridgehead atoms. The lowest BCUT2D eigenvalue weighted by atomic mass is 10.2. The number of amides is 1. The second kappa shape index (κ2) is 8.49. The van der Waals surface area contributed by atoms with E-state index in [9.17, 15) is 9.59 Å². The summed E-state index contributed by atoms with van der Waals surface area (Å²) in [5.41, 5.74) is 2.36. The van der Waals surface area contributed by atoms with Gasteiger partial charge in [-0.05, 0) is 50.2 Å². The topological polar surface area (TPSA) is 78.1 Å². The van der Waals surface area contributed by atoms with Crippen molar-refractivity contribution in [2.24, 2.45) is 0 Å². The molecule has 0 saturated carbocycles. The summed E-state index contributed by atoms with van der Waals surface area (Å²) in [7, 11) is 0. The van der Waals surface area contributed by atoms with Gasteiger partial charge in [-0.25, -0.2) is 4.98 Å². The molecule has 0 radical (unpaired) electrons. The van der Waals surface area contributed by atoms with Crippen LogP contribution in [-0.2, 0) is 11.2 Å². The van der Waals surface area contributed by atoms with Crippen LogP contribution in [0, 0.1) is 0 Å². The Hall–Kier alpha value is -3.15. The lowest BCUT2D eigenvalue weighted by Crippen LogP contribution is -2.21. The third-order valence-electron chi connectivity index (χ3n) is 4.53. The fourth-order valence-corrected chi connectivity index (χ4v) is 3.05. The van der Waals surface area contributed by atoms with Gasteiger partial charge in [-0.3, -0.25) is 9.59 Å². The molecule has 6 nitrogen and oxygen atoms in total. The molecule has 1 amide bonds. The van der Waals surface area contributed by atoms with E-state index in [-0.39, 0.29) is 17.9 Å². The minimum Gasteiger partial charge on any atom is -0.372 e. The Kier molecular flexibility index (Phi) is 5.86. The lowest BCUT2D eigenvalue weighted by molar-refractivity contribution is -0.116. The average molecular weight is 364 g/mol. The third kappa shape index (κ3) is 4.53.